The minimum atomic E-state index is -1.14. The van der Waals surface area contributed by atoms with E-state index in [1.54, 1.807) is 6.92 Å². The maximum absolute atomic E-state index is 10.8. The molecular formula is C8H13NO4. The molecule has 0 rings (SSSR count). The van der Waals surface area contributed by atoms with Crippen molar-refractivity contribution in [1.82, 2.24) is 5.32 Å². The normalized spacial score (nSPS) is 11.5. The zero-order valence-corrected chi connectivity index (χ0v) is 7.66. The van der Waals surface area contributed by atoms with Crippen LogP contribution in [0.3, 0.4) is 0 Å². The van der Waals surface area contributed by atoms with Gasteiger partial charge in [0, 0.05) is 5.57 Å². The summed E-state index contributed by atoms with van der Waals surface area (Å²) in [5.74, 6) is -0.515. The highest BCUT2D eigenvalue weighted by molar-refractivity contribution is 5.86. The number of carbonyl (C=O) groups is 2. The zero-order valence-electron chi connectivity index (χ0n) is 7.66. The molecule has 0 aromatic heterocycles. The highest BCUT2D eigenvalue weighted by Crippen LogP contribution is 1.93. The summed E-state index contributed by atoms with van der Waals surface area (Å²) >= 11 is 0. The van der Waals surface area contributed by atoms with Crippen LogP contribution in [-0.4, -0.2) is 29.8 Å². The molecule has 0 aromatic rings. The van der Waals surface area contributed by atoms with Gasteiger partial charge in [-0.15, -0.1) is 0 Å². The Bertz CT molecular complexity index is 224. The molecule has 1 atom stereocenters. The monoisotopic (exact) mass is 187 g/mol. The van der Waals surface area contributed by atoms with Gasteiger partial charge in [0.2, 0.25) is 0 Å². The molecule has 0 fully saturated rings. The number of rotatable bonds is 4. The summed E-state index contributed by atoms with van der Waals surface area (Å²) in [4.78, 5) is 21.0. The summed E-state index contributed by atoms with van der Waals surface area (Å²) in [7, 11) is 0. The molecular weight excluding hydrogens is 174 g/mol. The van der Waals surface area contributed by atoms with E-state index in [-0.39, 0.29) is 6.61 Å². The van der Waals surface area contributed by atoms with Gasteiger partial charge < -0.3 is 15.2 Å². The van der Waals surface area contributed by atoms with Crippen LogP contribution >= 0.6 is 0 Å². The summed E-state index contributed by atoms with van der Waals surface area (Å²) in [5.41, 5.74) is 0.294. The lowest BCUT2D eigenvalue weighted by Gasteiger charge is -2.11. The van der Waals surface area contributed by atoms with Gasteiger partial charge in [-0.05, 0) is 13.8 Å². The third kappa shape index (κ3) is 5.72. The molecule has 2 N–H and O–H groups in total. The molecule has 0 aliphatic carbocycles. The third-order valence-corrected chi connectivity index (χ3v) is 1.18. The molecule has 0 aliphatic heterocycles. The van der Waals surface area contributed by atoms with Crippen LogP contribution in [0.25, 0.3) is 0 Å². The first-order chi connectivity index (χ1) is 5.93. The summed E-state index contributed by atoms with van der Waals surface area (Å²) in [6.45, 7) is 6.52. The molecule has 0 spiro atoms. The first-order valence-electron chi connectivity index (χ1n) is 3.75. The average Bonchev–Trinajstić information content (AvgIpc) is 1.98. The zero-order chi connectivity index (χ0) is 10.4. The van der Waals surface area contributed by atoms with Crippen LogP contribution < -0.4 is 5.32 Å². The van der Waals surface area contributed by atoms with Crippen molar-refractivity contribution in [3.63, 3.8) is 0 Å². The number of ether oxygens (including phenoxy) is 1. The molecule has 0 aromatic carbocycles. The average molecular weight is 187 g/mol. The third-order valence-electron chi connectivity index (χ3n) is 1.18. The Morgan fingerprint density at radius 3 is 2.54 bits per heavy atom. The predicted octanol–water partition coefficient (Wildman–Crippen LogP) is 0.762. The van der Waals surface area contributed by atoms with E-state index in [0.29, 0.717) is 5.57 Å². The first kappa shape index (κ1) is 11.5. The fourth-order valence-corrected chi connectivity index (χ4v) is 0.576. The lowest BCUT2D eigenvalue weighted by molar-refractivity contribution is -0.139. The molecule has 5 heteroatoms. The molecule has 74 valence electrons. The van der Waals surface area contributed by atoms with Crippen molar-refractivity contribution < 1.29 is 19.4 Å². The highest BCUT2D eigenvalue weighted by atomic mass is 16.5. The molecule has 0 heterocycles. The summed E-state index contributed by atoms with van der Waals surface area (Å²) in [6, 6.07) is -0.416. The fourth-order valence-electron chi connectivity index (χ4n) is 0.576. The van der Waals surface area contributed by atoms with E-state index in [4.69, 9.17) is 9.84 Å². The highest BCUT2D eigenvalue weighted by Gasteiger charge is 2.08. The topological polar surface area (TPSA) is 75.6 Å². The number of nitrogens with one attached hydrogen (secondary N) is 1. The Balaban J connectivity index is 3.70. The largest absolute Gasteiger partial charge is 0.465 e. The van der Waals surface area contributed by atoms with E-state index >= 15 is 0 Å². The van der Waals surface area contributed by atoms with Crippen LogP contribution in [0, 0.1) is 0 Å². The Kier molecular flexibility index (Phi) is 4.58. The molecule has 5 nitrogen and oxygen atoms in total. The van der Waals surface area contributed by atoms with Gasteiger partial charge in [0.1, 0.15) is 6.61 Å². The van der Waals surface area contributed by atoms with Gasteiger partial charge in [0.05, 0.1) is 6.04 Å². The van der Waals surface area contributed by atoms with Crippen molar-refractivity contribution in [1.29, 1.82) is 0 Å². The summed E-state index contributed by atoms with van der Waals surface area (Å²) in [5, 5.41) is 10.4. The van der Waals surface area contributed by atoms with Gasteiger partial charge >= 0.3 is 12.1 Å². The second kappa shape index (κ2) is 5.18. The minimum absolute atomic E-state index is 0.0119. The molecule has 0 saturated carbocycles. The number of hydrogen-bond donors (Lipinski definition) is 2. The number of esters is 1. The quantitative estimate of drug-likeness (QED) is 0.503. The Morgan fingerprint density at radius 1 is 1.62 bits per heavy atom. The molecule has 0 saturated heterocycles. The Morgan fingerprint density at radius 2 is 2.15 bits per heavy atom. The number of amides is 1. The van der Waals surface area contributed by atoms with Gasteiger partial charge in [-0.1, -0.05) is 6.58 Å². The second-order valence-electron chi connectivity index (χ2n) is 2.73. The van der Waals surface area contributed by atoms with Crippen molar-refractivity contribution in [2.24, 2.45) is 0 Å². The van der Waals surface area contributed by atoms with Crippen molar-refractivity contribution in [3.05, 3.63) is 12.2 Å². The lowest BCUT2D eigenvalue weighted by atomic mass is 10.3. The first-order valence-corrected chi connectivity index (χ1v) is 3.75. The molecule has 1 unspecified atom stereocenters. The van der Waals surface area contributed by atoms with Crippen molar-refractivity contribution in [2.45, 2.75) is 19.9 Å². The number of carbonyl (C=O) groups excluding carboxylic acids is 1. The molecule has 1 amide bonds. The van der Waals surface area contributed by atoms with E-state index in [1.807, 2.05) is 0 Å². The Hall–Kier alpha value is -1.52. The van der Waals surface area contributed by atoms with Crippen LogP contribution in [0.1, 0.15) is 13.8 Å². The summed E-state index contributed by atoms with van der Waals surface area (Å²) < 4.78 is 4.70. The molecule has 0 bridgehead atoms. The van der Waals surface area contributed by atoms with Crippen LogP contribution in [-0.2, 0) is 9.53 Å². The van der Waals surface area contributed by atoms with Crippen LogP contribution in [0.15, 0.2) is 12.2 Å². The van der Waals surface area contributed by atoms with E-state index in [1.165, 1.54) is 6.92 Å². The van der Waals surface area contributed by atoms with Gasteiger partial charge in [-0.25, -0.2) is 9.59 Å². The predicted molar refractivity (Wildman–Crippen MR) is 46.4 cm³/mol. The molecule has 13 heavy (non-hydrogen) atoms. The number of hydrogen-bond acceptors (Lipinski definition) is 3. The molecule has 0 radical (unpaired) electrons. The van der Waals surface area contributed by atoms with Gasteiger partial charge in [0.15, 0.2) is 0 Å². The lowest BCUT2D eigenvalue weighted by Crippen LogP contribution is -2.35. The maximum atomic E-state index is 10.8. The van der Waals surface area contributed by atoms with Gasteiger partial charge in [0.25, 0.3) is 0 Å². The summed E-state index contributed by atoms with van der Waals surface area (Å²) in [6.07, 6.45) is -1.14. The number of carboxylic acid groups (broad SMARTS) is 1. The van der Waals surface area contributed by atoms with E-state index in [9.17, 15) is 9.59 Å². The SMILES string of the molecule is C=C(C)C(=O)OCC(C)NC(=O)O. The fraction of sp³-hybridized carbons (Fsp3) is 0.500. The molecule has 0 aliphatic rings. The van der Waals surface area contributed by atoms with E-state index in [0.717, 1.165) is 0 Å². The van der Waals surface area contributed by atoms with E-state index in [2.05, 4.69) is 11.9 Å². The van der Waals surface area contributed by atoms with Crippen LogP contribution in [0.4, 0.5) is 4.79 Å². The van der Waals surface area contributed by atoms with Crippen molar-refractivity contribution >= 4 is 12.1 Å². The van der Waals surface area contributed by atoms with Crippen LogP contribution in [0.5, 0.6) is 0 Å². The van der Waals surface area contributed by atoms with Crippen molar-refractivity contribution in [3.8, 4) is 0 Å². The maximum Gasteiger partial charge on any atom is 0.404 e. The van der Waals surface area contributed by atoms with E-state index < -0.39 is 18.1 Å². The van der Waals surface area contributed by atoms with Gasteiger partial charge in [-0.2, -0.15) is 0 Å². The van der Waals surface area contributed by atoms with Crippen molar-refractivity contribution in [2.75, 3.05) is 6.61 Å². The minimum Gasteiger partial charge on any atom is -0.465 e. The standard InChI is InChI=1S/C8H13NO4/c1-5(2)7(10)13-4-6(3)9-8(11)12/h6,9H,1,4H2,2-3H3,(H,11,12). The smallest absolute Gasteiger partial charge is 0.404 e. The van der Waals surface area contributed by atoms with Crippen LogP contribution in [0.2, 0.25) is 0 Å². The Labute approximate surface area is 76.4 Å². The van der Waals surface area contributed by atoms with Gasteiger partial charge in [-0.3, -0.25) is 0 Å². The second-order valence-corrected chi connectivity index (χ2v) is 2.73.